The van der Waals surface area contributed by atoms with Crippen LogP contribution in [-0.2, 0) is 0 Å². The summed E-state index contributed by atoms with van der Waals surface area (Å²) in [6, 6.07) is 3.67. The van der Waals surface area contributed by atoms with E-state index >= 15 is 0 Å². The first-order chi connectivity index (χ1) is 6.09. The highest BCUT2D eigenvalue weighted by molar-refractivity contribution is 5.96. The van der Waals surface area contributed by atoms with Crippen LogP contribution in [0.25, 0.3) is 0 Å². The van der Waals surface area contributed by atoms with Crippen LogP contribution in [0.5, 0.6) is 0 Å². The van der Waals surface area contributed by atoms with Crippen LogP contribution in [0.1, 0.15) is 18.4 Å². The lowest BCUT2D eigenvalue weighted by Crippen LogP contribution is -2.22. The van der Waals surface area contributed by atoms with E-state index in [2.05, 4.69) is 10.2 Å². The lowest BCUT2D eigenvalue weighted by atomic mass is 10.3. The SMILES string of the molecule is C/C(=N\N=C(N)N)c1ccc(C)o1.Cl. The molecule has 0 amide bonds. The van der Waals surface area contributed by atoms with Crippen LogP contribution >= 0.6 is 12.4 Å². The summed E-state index contributed by atoms with van der Waals surface area (Å²) in [6.45, 7) is 3.63. The summed E-state index contributed by atoms with van der Waals surface area (Å²) in [5.41, 5.74) is 10.9. The smallest absolute Gasteiger partial charge is 0.211 e. The number of furan rings is 1. The van der Waals surface area contributed by atoms with Gasteiger partial charge in [-0.2, -0.15) is 0 Å². The third kappa shape index (κ3) is 3.49. The van der Waals surface area contributed by atoms with Gasteiger partial charge in [0, 0.05) is 0 Å². The van der Waals surface area contributed by atoms with E-state index in [1.165, 1.54) is 0 Å². The molecule has 4 N–H and O–H groups in total. The minimum absolute atomic E-state index is 0. The van der Waals surface area contributed by atoms with Crippen LogP contribution in [0, 0.1) is 6.92 Å². The Morgan fingerprint density at radius 1 is 1.29 bits per heavy atom. The molecule has 1 heterocycles. The molecular weight excluding hydrogens is 204 g/mol. The van der Waals surface area contributed by atoms with Gasteiger partial charge in [-0.25, -0.2) is 0 Å². The zero-order chi connectivity index (χ0) is 9.84. The first kappa shape index (κ1) is 12.5. The lowest BCUT2D eigenvalue weighted by Gasteiger charge is -1.91. The minimum atomic E-state index is -0.0670. The van der Waals surface area contributed by atoms with Gasteiger partial charge in [-0.1, -0.05) is 0 Å². The average Bonchev–Trinajstić information content (AvgIpc) is 2.47. The number of guanidine groups is 1. The molecule has 0 radical (unpaired) electrons. The summed E-state index contributed by atoms with van der Waals surface area (Å²) >= 11 is 0. The predicted octanol–water partition coefficient (Wildman–Crippen LogP) is 1.01. The van der Waals surface area contributed by atoms with Gasteiger partial charge in [0.1, 0.15) is 17.2 Å². The first-order valence-electron chi connectivity index (χ1n) is 3.79. The van der Waals surface area contributed by atoms with Crippen LogP contribution in [-0.4, -0.2) is 11.7 Å². The van der Waals surface area contributed by atoms with Crippen molar-refractivity contribution in [3.05, 3.63) is 23.7 Å². The lowest BCUT2D eigenvalue weighted by molar-refractivity contribution is 0.525. The van der Waals surface area contributed by atoms with E-state index in [4.69, 9.17) is 15.9 Å². The van der Waals surface area contributed by atoms with Gasteiger partial charge in [-0.3, -0.25) is 0 Å². The largest absolute Gasteiger partial charge is 0.460 e. The standard InChI is InChI=1S/C8H12N4O.ClH/c1-5-3-4-7(13-5)6(2)11-12-8(9)10;/h3-4H,1-2H3,(H4,9,10,12);1H/b11-6+;. The summed E-state index contributed by atoms with van der Waals surface area (Å²) in [4.78, 5) is 0. The summed E-state index contributed by atoms with van der Waals surface area (Å²) < 4.78 is 5.30. The Bertz CT molecular complexity index is 352. The highest BCUT2D eigenvalue weighted by Crippen LogP contribution is 2.07. The molecule has 1 rings (SSSR count). The molecule has 14 heavy (non-hydrogen) atoms. The Labute approximate surface area is 88.3 Å². The number of rotatable bonds is 2. The van der Waals surface area contributed by atoms with Crippen molar-refractivity contribution >= 4 is 24.1 Å². The molecule has 0 aromatic carbocycles. The maximum Gasteiger partial charge on any atom is 0.211 e. The van der Waals surface area contributed by atoms with Crippen LogP contribution in [0.15, 0.2) is 26.8 Å². The first-order valence-corrected chi connectivity index (χ1v) is 3.79. The molecule has 78 valence electrons. The van der Waals surface area contributed by atoms with E-state index in [-0.39, 0.29) is 18.4 Å². The molecular formula is C8H13ClN4O. The van der Waals surface area contributed by atoms with Crippen molar-refractivity contribution < 1.29 is 4.42 Å². The summed E-state index contributed by atoms with van der Waals surface area (Å²) in [5.74, 6) is 1.43. The van der Waals surface area contributed by atoms with E-state index in [0.29, 0.717) is 11.5 Å². The van der Waals surface area contributed by atoms with Crippen LogP contribution in [0.4, 0.5) is 0 Å². The van der Waals surface area contributed by atoms with Crippen LogP contribution in [0.3, 0.4) is 0 Å². The van der Waals surface area contributed by atoms with Crippen LogP contribution in [0.2, 0.25) is 0 Å². The average molecular weight is 217 g/mol. The highest BCUT2D eigenvalue weighted by atomic mass is 35.5. The Balaban J connectivity index is 0.00000169. The van der Waals surface area contributed by atoms with Crippen molar-refractivity contribution in [3.8, 4) is 0 Å². The molecule has 0 spiro atoms. The summed E-state index contributed by atoms with van der Waals surface area (Å²) in [7, 11) is 0. The molecule has 0 aliphatic heterocycles. The molecule has 0 unspecified atom stereocenters. The normalized spacial score (nSPS) is 10.6. The van der Waals surface area contributed by atoms with E-state index < -0.39 is 0 Å². The molecule has 0 aliphatic rings. The van der Waals surface area contributed by atoms with Gasteiger partial charge in [0.25, 0.3) is 0 Å². The molecule has 0 saturated carbocycles. The molecule has 5 nitrogen and oxygen atoms in total. The van der Waals surface area contributed by atoms with Gasteiger partial charge >= 0.3 is 0 Å². The van der Waals surface area contributed by atoms with Crippen molar-refractivity contribution in [2.45, 2.75) is 13.8 Å². The monoisotopic (exact) mass is 216 g/mol. The molecule has 0 atom stereocenters. The molecule has 0 bridgehead atoms. The third-order valence-corrected chi connectivity index (χ3v) is 1.41. The molecule has 1 aromatic heterocycles. The number of hydrogen-bond acceptors (Lipinski definition) is 3. The second-order valence-corrected chi connectivity index (χ2v) is 2.62. The summed E-state index contributed by atoms with van der Waals surface area (Å²) in [6.07, 6.45) is 0. The number of hydrogen-bond donors (Lipinski definition) is 2. The molecule has 1 aromatic rings. The van der Waals surface area contributed by atoms with E-state index in [1.807, 2.05) is 19.1 Å². The quantitative estimate of drug-likeness (QED) is 0.439. The van der Waals surface area contributed by atoms with Crippen molar-refractivity contribution in [1.82, 2.24) is 0 Å². The zero-order valence-electron chi connectivity index (χ0n) is 8.02. The van der Waals surface area contributed by atoms with Gasteiger partial charge in [0.05, 0.1) is 0 Å². The van der Waals surface area contributed by atoms with Crippen molar-refractivity contribution in [3.63, 3.8) is 0 Å². The Morgan fingerprint density at radius 2 is 1.93 bits per heavy atom. The maximum atomic E-state index is 5.30. The number of nitrogens with two attached hydrogens (primary N) is 2. The molecule has 0 fully saturated rings. The maximum absolute atomic E-state index is 5.30. The van der Waals surface area contributed by atoms with E-state index in [1.54, 1.807) is 6.92 Å². The minimum Gasteiger partial charge on any atom is -0.460 e. The van der Waals surface area contributed by atoms with Gasteiger partial charge in [-0.05, 0) is 26.0 Å². The van der Waals surface area contributed by atoms with E-state index in [9.17, 15) is 0 Å². The fourth-order valence-electron chi connectivity index (χ4n) is 0.811. The second kappa shape index (κ2) is 5.29. The second-order valence-electron chi connectivity index (χ2n) is 2.62. The third-order valence-electron chi connectivity index (χ3n) is 1.41. The van der Waals surface area contributed by atoms with Gasteiger partial charge in [-0.15, -0.1) is 22.6 Å². The molecule has 0 aliphatic carbocycles. The molecule has 0 saturated heterocycles. The Hall–Kier alpha value is -1.49. The van der Waals surface area contributed by atoms with E-state index in [0.717, 1.165) is 5.76 Å². The van der Waals surface area contributed by atoms with Gasteiger partial charge in [0.15, 0.2) is 0 Å². The Morgan fingerprint density at radius 3 is 2.36 bits per heavy atom. The molecule has 6 heteroatoms. The summed E-state index contributed by atoms with van der Waals surface area (Å²) in [5, 5.41) is 7.28. The number of halogens is 1. The topological polar surface area (TPSA) is 89.9 Å². The fraction of sp³-hybridized carbons (Fsp3) is 0.250. The number of nitrogens with zero attached hydrogens (tertiary/aromatic N) is 2. The van der Waals surface area contributed by atoms with Crippen molar-refractivity contribution in [2.75, 3.05) is 0 Å². The highest BCUT2D eigenvalue weighted by Gasteiger charge is 2.01. The van der Waals surface area contributed by atoms with Gasteiger partial charge < -0.3 is 15.9 Å². The zero-order valence-corrected chi connectivity index (χ0v) is 8.84. The number of aryl methyl sites for hydroxylation is 1. The van der Waals surface area contributed by atoms with Crippen molar-refractivity contribution in [1.29, 1.82) is 0 Å². The van der Waals surface area contributed by atoms with Gasteiger partial charge in [0.2, 0.25) is 5.96 Å². The Kier molecular flexibility index (Phi) is 4.72. The van der Waals surface area contributed by atoms with Crippen molar-refractivity contribution in [2.24, 2.45) is 21.7 Å². The van der Waals surface area contributed by atoms with Crippen LogP contribution < -0.4 is 11.5 Å². The predicted molar refractivity (Wildman–Crippen MR) is 58.7 cm³/mol. The fourth-order valence-corrected chi connectivity index (χ4v) is 0.811.